The third-order valence-electron chi connectivity index (χ3n) is 5.69. The third kappa shape index (κ3) is 4.02. The highest BCUT2D eigenvalue weighted by molar-refractivity contribution is 7.12. The van der Waals surface area contributed by atoms with Gasteiger partial charge >= 0.3 is 11.9 Å². The molecule has 14 heteroatoms. The maximum absolute atomic E-state index is 14.4. The number of methoxy groups -OCH3 is 2. The number of H-pyrrole nitrogens is 1. The minimum atomic E-state index is -5.41. The number of fused-ring (bicyclic) bond motifs is 1. The number of alkyl halides is 3. The highest BCUT2D eigenvalue weighted by Gasteiger charge is 2.68. The van der Waals surface area contributed by atoms with Gasteiger partial charge in [-0.1, -0.05) is 12.1 Å². The number of aromatic nitrogens is 2. The van der Waals surface area contributed by atoms with Crippen LogP contribution in [0.2, 0.25) is 0 Å². The minimum absolute atomic E-state index is 0.0990. The van der Waals surface area contributed by atoms with E-state index in [4.69, 9.17) is 9.47 Å². The molecule has 190 valence electrons. The molecule has 0 aliphatic carbocycles. The predicted octanol–water partition coefficient (Wildman–Crippen LogP) is 2.00. The van der Waals surface area contributed by atoms with E-state index in [-0.39, 0.29) is 17.8 Å². The number of nitrogens with zero attached hydrogens (tertiary/aromatic N) is 1. The summed E-state index contributed by atoms with van der Waals surface area (Å²) < 4.78 is 54.5. The van der Waals surface area contributed by atoms with Gasteiger partial charge in [0.2, 0.25) is 0 Å². The van der Waals surface area contributed by atoms with Crippen LogP contribution >= 0.6 is 11.3 Å². The van der Waals surface area contributed by atoms with Crippen LogP contribution in [-0.4, -0.2) is 41.8 Å². The van der Waals surface area contributed by atoms with Crippen LogP contribution in [0.25, 0.3) is 0 Å². The Morgan fingerprint density at radius 2 is 1.86 bits per heavy atom. The lowest BCUT2D eigenvalue weighted by atomic mass is 9.92. The number of benzene rings is 1. The quantitative estimate of drug-likeness (QED) is 0.433. The minimum Gasteiger partial charge on any atom is -0.493 e. The van der Waals surface area contributed by atoms with Crippen LogP contribution in [0.3, 0.4) is 0 Å². The molecule has 0 fully saturated rings. The summed E-state index contributed by atoms with van der Waals surface area (Å²) >= 11 is 0.856. The molecule has 3 N–H and O–H groups in total. The lowest BCUT2D eigenvalue weighted by Crippen LogP contribution is -2.62. The van der Waals surface area contributed by atoms with E-state index >= 15 is 0 Å². The van der Waals surface area contributed by atoms with Gasteiger partial charge in [0.1, 0.15) is 11.4 Å². The summed E-state index contributed by atoms with van der Waals surface area (Å²) in [5, 5.41) is 5.17. The highest BCUT2D eigenvalue weighted by Crippen LogP contribution is 2.45. The Hall–Kier alpha value is -4.07. The highest BCUT2D eigenvalue weighted by atomic mass is 32.1. The van der Waals surface area contributed by atoms with Crippen molar-refractivity contribution in [3.8, 4) is 11.5 Å². The van der Waals surface area contributed by atoms with E-state index in [9.17, 15) is 32.3 Å². The van der Waals surface area contributed by atoms with Gasteiger partial charge in [0.25, 0.3) is 22.9 Å². The van der Waals surface area contributed by atoms with Crippen molar-refractivity contribution in [1.82, 2.24) is 14.9 Å². The van der Waals surface area contributed by atoms with Crippen LogP contribution in [-0.2, 0) is 23.3 Å². The fourth-order valence-corrected chi connectivity index (χ4v) is 4.57. The molecule has 1 aliphatic heterocycles. The zero-order chi connectivity index (χ0) is 26.3. The molecule has 0 unspecified atom stereocenters. The van der Waals surface area contributed by atoms with E-state index in [0.717, 1.165) is 15.9 Å². The maximum Gasteiger partial charge on any atom is 0.425 e. The number of thiophene rings is 1. The SMILES string of the molecule is COc1ccc(CCn2c3c(c(=O)[nH]c2=O)[C@@](NC(=O)c2cccs2)(C(F)(F)F)C(=O)N3)cc1OC. The van der Waals surface area contributed by atoms with Gasteiger partial charge in [0, 0.05) is 6.54 Å². The molecular weight excluding hydrogens is 505 g/mol. The number of halogens is 3. The summed E-state index contributed by atoms with van der Waals surface area (Å²) in [5.41, 5.74) is -6.65. The van der Waals surface area contributed by atoms with E-state index in [1.165, 1.54) is 31.7 Å². The number of amides is 2. The number of nitrogens with one attached hydrogen (secondary N) is 3. The number of aromatic amines is 1. The van der Waals surface area contributed by atoms with Gasteiger partial charge < -0.3 is 20.1 Å². The van der Waals surface area contributed by atoms with Crippen LogP contribution in [0.4, 0.5) is 19.0 Å². The van der Waals surface area contributed by atoms with Crippen molar-refractivity contribution in [2.75, 3.05) is 19.5 Å². The second-order valence-corrected chi connectivity index (χ2v) is 8.65. The summed E-state index contributed by atoms with van der Waals surface area (Å²) in [6.07, 6.45) is -5.29. The predicted molar refractivity (Wildman–Crippen MR) is 123 cm³/mol. The number of anilines is 1. The fraction of sp³-hybridized carbons (Fsp3) is 0.273. The van der Waals surface area contributed by atoms with Crippen molar-refractivity contribution < 1.29 is 32.2 Å². The second-order valence-electron chi connectivity index (χ2n) is 7.71. The molecule has 0 radical (unpaired) electrons. The van der Waals surface area contributed by atoms with Crippen molar-refractivity contribution in [3.63, 3.8) is 0 Å². The molecule has 0 bridgehead atoms. The second kappa shape index (κ2) is 9.18. The molecule has 3 aromatic rings. The molecule has 4 rings (SSSR count). The van der Waals surface area contributed by atoms with E-state index in [2.05, 4.69) is 0 Å². The zero-order valence-corrected chi connectivity index (χ0v) is 19.6. The summed E-state index contributed by atoms with van der Waals surface area (Å²) in [5.74, 6) is -2.70. The first-order valence-electron chi connectivity index (χ1n) is 10.4. The number of carbonyl (C=O) groups is 2. The van der Waals surface area contributed by atoms with Crippen molar-refractivity contribution in [2.24, 2.45) is 0 Å². The standard InChI is InChI=1S/C22H19F3N4O6S/c1-34-12-6-5-11(10-13(12)35-2)7-8-29-16-15(18(31)27-20(29)33)21(19(32)26-16,22(23,24)25)28-17(30)14-4-3-9-36-14/h3-6,9-10H,7-8H2,1-2H3,(H,26,32)(H,28,30)(H,27,31,33)/t21-/m0/s1. The summed E-state index contributed by atoms with van der Waals surface area (Å²) in [6, 6.07) is 7.62. The molecule has 2 amide bonds. The zero-order valence-electron chi connectivity index (χ0n) is 18.8. The van der Waals surface area contributed by atoms with Gasteiger partial charge in [-0.2, -0.15) is 13.2 Å². The van der Waals surface area contributed by atoms with Crippen molar-refractivity contribution >= 4 is 29.0 Å². The molecule has 2 aromatic heterocycles. The lowest BCUT2D eigenvalue weighted by molar-refractivity contribution is -0.196. The maximum atomic E-state index is 14.4. The first-order chi connectivity index (χ1) is 17.0. The molecule has 1 atom stereocenters. The number of hydrogen-bond donors (Lipinski definition) is 3. The largest absolute Gasteiger partial charge is 0.493 e. The van der Waals surface area contributed by atoms with Crippen LogP contribution in [0.5, 0.6) is 11.5 Å². The molecule has 10 nitrogen and oxygen atoms in total. The Balaban J connectivity index is 1.78. The number of ether oxygens (including phenoxy) is 2. The summed E-state index contributed by atoms with van der Waals surface area (Å²) in [4.78, 5) is 52.3. The molecule has 1 aromatic carbocycles. The molecule has 36 heavy (non-hydrogen) atoms. The first-order valence-corrected chi connectivity index (χ1v) is 11.2. The number of carbonyl (C=O) groups excluding carboxylic acids is 2. The monoisotopic (exact) mass is 524 g/mol. The van der Waals surface area contributed by atoms with Crippen molar-refractivity contribution in [1.29, 1.82) is 0 Å². The van der Waals surface area contributed by atoms with Gasteiger partial charge in [0.05, 0.1) is 19.1 Å². The van der Waals surface area contributed by atoms with Crippen LogP contribution < -0.4 is 31.4 Å². The topological polar surface area (TPSA) is 132 Å². The van der Waals surface area contributed by atoms with Gasteiger partial charge in [-0.05, 0) is 35.6 Å². The Labute approximate surface area is 204 Å². The van der Waals surface area contributed by atoms with E-state index < -0.39 is 46.2 Å². The third-order valence-corrected chi connectivity index (χ3v) is 6.56. The summed E-state index contributed by atoms with van der Waals surface area (Å²) in [7, 11) is 2.88. The smallest absolute Gasteiger partial charge is 0.425 e. The van der Waals surface area contributed by atoms with Crippen LogP contribution in [0.15, 0.2) is 45.3 Å². The van der Waals surface area contributed by atoms with Gasteiger partial charge in [-0.3, -0.25) is 23.9 Å². The van der Waals surface area contributed by atoms with Crippen molar-refractivity contribution in [2.45, 2.75) is 24.7 Å². The molecule has 0 saturated heterocycles. The molecule has 0 spiro atoms. The van der Waals surface area contributed by atoms with Gasteiger partial charge in [0.15, 0.2) is 11.5 Å². The van der Waals surface area contributed by atoms with E-state index in [1.807, 2.05) is 10.3 Å². The Bertz CT molecular complexity index is 1450. The molecule has 1 aliphatic rings. The van der Waals surface area contributed by atoms with Crippen LogP contribution in [0.1, 0.15) is 20.8 Å². The fourth-order valence-electron chi connectivity index (χ4n) is 3.95. The Kier molecular flexibility index (Phi) is 6.39. The Morgan fingerprint density at radius 3 is 2.47 bits per heavy atom. The van der Waals surface area contributed by atoms with Gasteiger partial charge in [-0.25, -0.2) is 4.79 Å². The summed E-state index contributed by atoms with van der Waals surface area (Å²) in [6.45, 7) is -0.208. The average molecular weight is 524 g/mol. The number of hydrogen-bond acceptors (Lipinski definition) is 7. The number of rotatable bonds is 7. The molecule has 0 saturated carbocycles. The Morgan fingerprint density at radius 1 is 1.14 bits per heavy atom. The van der Waals surface area contributed by atoms with Crippen LogP contribution in [0, 0.1) is 0 Å². The molecular formula is C22H19F3N4O6S. The average Bonchev–Trinajstić information content (AvgIpc) is 3.46. The van der Waals surface area contributed by atoms with E-state index in [1.54, 1.807) is 23.5 Å². The van der Waals surface area contributed by atoms with Crippen molar-refractivity contribution in [3.05, 3.63) is 72.6 Å². The van der Waals surface area contributed by atoms with E-state index in [0.29, 0.717) is 17.1 Å². The molecule has 3 heterocycles. The first kappa shape index (κ1) is 25.0. The number of aryl methyl sites for hydroxylation is 1. The normalized spacial score (nSPS) is 16.9. The van der Waals surface area contributed by atoms with Gasteiger partial charge in [-0.15, -0.1) is 11.3 Å². The lowest BCUT2D eigenvalue weighted by Gasteiger charge is -2.29.